The second-order valence-electron chi connectivity index (χ2n) is 4.33. The molecule has 1 aromatic carbocycles. The summed E-state index contributed by atoms with van der Waals surface area (Å²) in [5.74, 6) is 0.0676. The molecular weight excluding hydrogens is 266 g/mol. The largest absolute Gasteiger partial charge is 0.435 e. The standard InChI is InChI=1S/C14H16F2N2O2/c1-2-9-18-12(7-8-17-18)13(19)10-3-5-11(6-4-10)20-14(15)16/h3-8,13-14,19H,2,9H2,1H3. The normalized spacial score (nSPS) is 12.7. The zero-order chi connectivity index (χ0) is 14.5. The highest BCUT2D eigenvalue weighted by Crippen LogP contribution is 2.24. The number of benzene rings is 1. The molecule has 0 fully saturated rings. The van der Waals surface area contributed by atoms with Gasteiger partial charge in [-0.1, -0.05) is 19.1 Å². The van der Waals surface area contributed by atoms with Gasteiger partial charge in [-0.15, -0.1) is 0 Å². The van der Waals surface area contributed by atoms with Crippen LogP contribution in [0.4, 0.5) is 8.78 Å². The van der Waals surface area contributed by atoms with Gasteiger partial charge in [0.2, 0.25) is 0 Å². The molecule has 0 aliphatic carbocycles. The Morgan fingerprint density at radius 2 is 1.95 bits per heavy atom. The van der Waals surface area contributed by atoms with Crippen LogP contribution in [0.1, 0.15) is 30.7 Å². The second-order valence-corrected chi connectivity index (χ2v) is 4.33. The van der Waals surface area contributed by atoms with Gasteiger partial charge in [0.05, 0.1) is 5.69 Å². The van der Waals surface area contributed by atoms with E-state index in [1.165, 1.54) is 12.1 Å². The first-order valence-electron chi connectivity index (χ1n) is 6.36. The van der Waals surface area contributed by atoms with Crippen LogP contribution in [0.5, 0.6) is 5.75 Å². The lowest BCUT2D eigenvalue weighted by Crippen LogP contribution is -2.10. The van der Waals surface area contributed by atoms with Crippen molar-refractivity contribution < 1.29 is 18.6 Å². The lowest BCUT2D eigenvalue weighted by Gasteiger charge is -2.14. The summed E-state index contributed by atoms with van der Waals surface area (Å²) in [6.07, 6.45) is 1.69. The molecule has 4 nitrogen and oxygen atoms in total. The Morgan fingerprint density at radius 3 is 2.55 bits per heavy atom. The average molecular weight is 282 g/mol. The van der Waals surface area contributed by atoms with Crippen LogP contribution in [-0.4, -0.2) is 21.5 Å². The van der Waals surface area contributed by atoms with E-state index < -0.39 is 12.7 Å². The van der Waals surface area contributed by atoms with Crippen molar-refractivity contribution in [2.24, 2.45) is 0 Å². The zero-order valence-corrected chi connectivity index (χ0v) is 11.0. The summed E-state index contributed by atoms with van der Waals surface area (Å²) in [6.45, 7) is -0.114. The maximum atomic E-state index is 12.1. The van der Waals surface area contributed by atoms with Gasteiger partial charge in [0, 0.05) is 12.7 Å². The summed E-state index contributed by atoms with van der Waals surface area (Å²) < 4.78 is 30.1. The van der Waals surface area contributed by atoms with E-state index in [4.69, 9.17) is 0 Å². The molecule has 2 aromatic rings. The molecule has 6 heteroatoms. The molecule has 0 aliphatic rings. The molecule has 1 atom stereocenters. The lowest BCUT2D eigenvalue weighted by molar-refractivity contribution is -0.0498. The molecule has 0 radical (unpaired) electrons. The number of alkyl halides is 2. The lowest BCUT2D eigenvalue weighted by atomic mass is 10.1. The predicted molar refractivity (Wildman–Crippen MR) is 69.7 cm³/mol. The Hall–Kier alpha value is -1.95. The first-order valence-corrected chi connectivity index (χ1v) is 6.36. The molecule has 108 valence electrons. The highest BCUT2D eigenvalue weighted by molar-refractivity contribution is 5.32. The van der Waals surface area contributed by atoms with Crippen LogP contribution in [0.2, 0.25) is 0 Å². The number of nitrogens with zero attached hydrogens (tertiary/aromatic N) is 2. The fraction of sp³-hybridized carbons (Fsp3) is 0.357. The minimum absolute atomic E-state index is 0.0676. The van der Waals surface area contributed by atoms with Crippen LogP contribution in [0.15, 0.2) is 36.5 Å². The first-order chi connectivity index (χ1) is 9.61. The van der Waals surface area contributed by atoms with E-state index in [0.29, 0.717) is 17.8 Å². The molecule has 1 aromatic heterocycles. The fourth-order valence-electron chi connectivity index (χ4n) is 1.98. The number of aliphatic hydroxyl groups excluding tert-OH is 1. The van der Waals surface area contributed by atoms with E-state index in [1.54, 1.807) is 29.1 Å². The molecule has 1 N–H and O–H groups in total. The molecule has 0 saturated heterocycles. The van der Waals surface area contributed by atoms with Crippen LogP contribution < -0.4 is 4.74 Å². The van der Waals surface area contributed by atoms with Gasteiger partial charge in [-0.25, -0.2) is 0 Å². The Balaban J connectivity index is 2.16. The summed E-state index contributed by atoms with van der Waals surface area (Å²) in [4.78, 5) is 0. The number of aromatic nitrogens is 2. The van der Waals surface area contributed by atoms with Crippen molar-refractivity contribution in [3.63, 3.8) is 0 Å². The van der Waals surface area contributed by atoms with Gasteiger partial charge in [-0.3, -0.25) is 4.68 Å². The molecule has 1 heterocycles. The molecular formula is C14H16F2N2O2. The van der Waals surface area contributed by atoms with Gasteiger partial charge in [0.1, 0.15) is 11.9 Å². The quantitative estimate of drug-likeness (QED) is 0.886. The maximum Gasteiger partial charge on any atom is 0.387 e. The number of hydrogen-bond acceptors (Lipinski definition) is 3. The Labute approximate surface area is 115 Å². The van der Waals surface area contributed by atoms with E-state index >= 15 is 0 Å². The van der Waals surface area contributed by atoms with Crippen molar-refractivity contribution >= 4 is 0 Å². The third kappa shape index (κ3) is 3.33. The predicted octanol–water partition coefficient (Wildman–Crippen LogP) is 2.98. The number of rotatable bonds is 6. The highest BCUT2D eigenvalue weighted by Gasteiger charge is 2.15. The Bertz CT molecular complexity index is 540. The maximum absolute atomic E-state index is 12.1. The minimum Gasteiger partial charge on any atom is -0.435 e. The number of aryl methyl sites for hydroxylation is 1. The summed E-state index contributed by atoms with van der Waals surface area (Å²) in [6, 6.07) is 7.68. The Kier molecular flexibility index (Phi) is 4.68. The average Bonchev–Trinajstić information content (AvgIpc) is 2.87. The van der Waals surface area contributed by atoms with Gasteiger partial charge in [-0.2, -0.15) is 13.9 Å². The smallest absolute Gasteiger partial charge is 0.387 e. The van der Waals surface area contributed by atoms with E-state index in [9.17, 15) is 13.9 Å². The number of aliphatic hydroxyl groups is 1. The van der Waals surface area contributed by atoms with Crippen LogP contribution in [0.25, 0.3) is 0 Å². The molecule has 1 unspecified atom stereocenters. The number of hydrogen-bond donors (Lipinski definition) is 1. The third-order valence-corrected chi connectivity index (χ3v) is 2.89. The van der Waals surface area contributed by atoms with Gasteiger partial charge < -0.3 is 9.84 Å². The molecule has 0 aliphatic heterocycles. The number of halogens is 2. The van der Waals surface area contributed by atoms with E-state index in [2.05, 4.69) is 9.84 Å². The van der Waals surface area contributed by atoms with Gasteiger partial charge in [0.25, 0.3) is 0 Å². The van der Waals surface area contributed by atoms with Crippen LogP contribution >= 0.6 is 0 Å². The van der Waals surface area contributed by atoms with Crippen molar-refractivity contribution in [1.82, 2.24) is 9.78 Å². The first kappa shape index (κ1) is 14.5. The van der Waals surface area contributed by atoms with Crippen molar-refractivity contribution in [3.8, 4) is 5.75 Å². The van der Waals surface area contributed by atoms with Gasteiger partial charge in [-0.05, 0) is 30.2 Å². The van der Waals surface area contributed by atoms with Crippen LogP contribution in [0, 0.1) is 0 Å². The van der Waals surface area contributed by atoms with Gasteiger partial charge in [0.15, 0.2) is 0 Å². The van der Waals surface area contributed by atoms with E-state index in [0.717, 1.165) is 6.42 Å². The highest BCUT2D eigenvalue weighted by atomic mass is 19.3. The van der Waals surface area contributed by atoms with Crippen molar-refractivity contribution in [2.75, 3.05) is 0 Å². The van der Waals surface area contributed by atoms with E-state index in [-0.39, 0.29) is 5.75 Å². The van der Waals surface area contributed by atoms with Gasteiger partial charge >= 0.3 is 6.61 Å². The van der Waals surface area contributed by atoms with Crippen LogP contribution in [-0.2, 0) is 6.54 Å². The zero-order valence-electron chi connectivity index (χ0n) is 11.0. The van der Waals surface area contributed by atoms with Crippen molar-refractivity contribution in [2.45, 2.75) is 32.6 Å². The monoisotopic (exact) mass is 282 g/mol. The number of ether oxygens (including phenoxy) is 1. The third-order valence-electron chi connectivity index (χ3n) is 2.89. The topological polar surface area (TPSA) is 47.3 Å². The molecule has 2 rings (SSSR count). The molecule has 0 spiro atoms. The summed E-state index contributed by atoms with van der Waals surface area (Å²) in [5.41, 5.74) is 1.28. The molecule has 20 heavy (non-hydrogen) atoms. The minimum atomic E-state index is -2.85. The van der Waals surface area contributed by atoms with Crippen molar-refractivity contribution in [1.29, 1.82) is 0 Å². The summed E-state index contributed by atoms with van der Waals surface area (Å²) in [7, 11) is 0. The Morgan fingerprint density at radius 1 is 1.25 bits per heavy atom. The summed E-state index contributed by atoms with van der Waals surface area (Å²) in [5, 5.41) is 14.5. The van der Waals surface area contributed by atoms with Crippen LogP contribution in [0.3, 0.4) is 0 Å². The molecule has 0 saturated carbocycles. The SMILES string of the molecule is CCCn1nccc1C(O)c1ccc(OC(F)F)cc1. The fourth-order valence-corrected chi connectivity index (χ4v) is 1.98. The molecule has 0 bridgehead atoms. The molecule has 0 amide bonds. The second kappa shape index (κ2) is 6.47. The van der Waals surface area contributed by atoms with E-state index in [1.807, 2.05) is 6.92 Å². The van der Waals surface area contributed by atoms with Crippen molar-refractivity contribution in [3.05, 3.63) is 47.8 Å². The summed E-state index contributed by atoms with van der Waals surface area (Å²) >= 11 is 0.